The van der Waals surface area contributed by atoms with Crippen LogP contribution in [0.3, 0.4) is 0 Å². The average Bonchev–Trinajstić information content (AvgIpc) is 1.99. The molecule has 0 saturated carbocycles. The van der Waals surface area contributed by atoms with Gasteiger partial charge >= 0.3 is 0 Å². The van der Waals surface area contributed by atoms with Gasteiger partial charge in [0, 0.05) is 22.8 Å². The molecule has 0 aliphatic rings. The number of halogens is 2. The van der Waals surface area contributed by atoms with E-state index in [1.807, 2.05) is 13.0 Å². The van der Waals surface area contributed by atoms with Gasteiger partial charge in [-0.2, -0.15) is 0 Å². The van der Waals surface area contributed by atoms with Crippen molar-refractivity contribution in [1.29, 1.82) is 0 Å². The SMILES string of the molecule is C=C(Br)CNc1cc(C)nc(Cl)n1. The van der Waals surface area contributed by atoms with E-state index in [-0.39, 0.29) is 5.28 Å². The molecule has 0 atom stereocenters. The molecule has 0 radical (unpaired) electrons. The third-order valence-electron chi connectivity index (χ3n) is 1.29. The van der Waals surface area contributed by atoms with E-state index in [1.165, 1.54) is 0 Å². The Kier molecular flexibility index (Phi) is 3.69. The highest BCUT2D eigenvalue weighted by Gasteiger charge is 1.98. The summed E-state index contributed by atoms with van der Waals surface area (Å²) in [5, 5.41) is 3.30. The first-order chi connectivity index (χ1) is 6.08. The van der Waals surface area contributed by atoms with Crippen molar-refractivity contribution in [1.82, 2.24) is 9.97 Å². The fourth-order valence-corrected chi connectivity index (χ4v) is 1.17. The van der Waals surface area contributed by atoms with Crippen LogP contribution in [0.25, 0.3) is 0 Å². The number of rotatable bonds is 3. The Balaban J connectivity index is 2.71. The van der Waals surface area contributed by atoms with Crippen LogP contribution in [-0.2, 0) is 0 Å². The fraction of sp³-hybridized carbons (Fsp3) is 0.250. The van der Waals surface area contributed by atoms with Crippen LogP contribution in [0, 0.1) is 6.92 Å². The van der Waals surface area contributed by atoms with Crippen molar-refractivity contribution in [2.45, 2.75) is 6.92 Å². The van der Waals surface area contributed by atoms with Gasteiger partial charge in [-0.3, -0.25) is 0 Å². The normalized spacial score (nSPS) is 9.77. The molecule has 1 heterocycles. The molecule has 3 nitrogen and oxygen atoms in total. The van der Waals surface area contributed by atoms with Gasteiger partial charge in [-0.25, -0.2) is 9.97 Å². The summed E-state index contributed by atoms with van der Waals surface area (Å²) < 4.78 is 0.861. The maximum absolute atomic E-state index is 5.67. The van der Waals surface area contributed by atoms with Crippen LogP contribution in [0.4, 0.5) is 5.82 Å². The Bertz CT molecular complexity index is 307. The lowest BCUT2D eigenvalue weighted by molar-refractivity contribution is 1.09. The van der Waals surface area contributed by atoms with Crippen LogP contribution in [0.1, 0.15) is 5.69 Å². The second kappa shape index (κ2) is 4.58. The Morgan fingerprint density at radius 3 is 2.92 bits per heavy atom. The minimum absolute atomic E-state index is 0.252. The van der Waals surface area contributed by atoms with Gasteiger partial charge in [0.15, 0.2) is 0 Å². The van der Waals surface area contributed by atoms with E-state index in [4.69, 9.17) is 11.6 Å². The molecule has 5 heteroatoms. The summed E-state index contributed by atoms with van der Waals surface area (Å²) in [7, 11) is 0. The predicted molar refractivity (Wildman–Crippen MR) is 58.3 cm³/mol. The quantitative estimate of drug-likeness (QED) is 0.851. The lowest BCUT2D eigenvalue weighted by atomic mass is 10.4. The van der Waals surface area contributed by atoms with Crippen molar-refractivity contribution in [2.24, 2.45) is 0 Å². The standard InChI is InChI=1S/C8H9BrClN3/c1-5(9)4-11-7-3-6(2)12-8(10)13-7/h3H,1,4H2,2H3,(H,11,12,13). The molecule has 1 rings (SSSR count). The van der Waals surface area contributed by atoms with E-state index in [1.54, 1.807) is 0 Å². The van der Waals surface area contributed by atoms with Crippen LogP contribution < -0.4 is 5.32 Å². The summed E-state index contributed by atoms with van der Waals surface area (Å²) in [5.74, 6) is 0.707. The van der Waals surface area contributed by atoms with Gasteiger partial charge in [0.05, 0.1) is 0 Å². The number of nitrogens with one attached hydrogen (secondary N) is 1. The fourth-order valence-electron chi connectivity index (χ4n) is 0.809. The molecular weight excluding hydrogens is 253 g/mol. The summed E-state index contributed by atoms with van der Waals surface area (Å²) >= 11 is 8.90. The van der Waals surface area contributed by atoms with Crippen LogP contribution in [0.5, 0.6) is 0 Å². The molecule has 0 saturated heterocycles. The van der Waals surface area contributed by atoms with Gasteiger partial charge in [-0.15, -0.1) is 0 Å². The van der Waals surface area contributed by atoms with Crippen molar-refractivity contribution in [2.75, 3.05) is 11.9 Å². The number of aromatic nitrogens is 2. The van der Waals surface area contributed by atoms with Crippen molar-refractivity contribution >= 4 is 33.3 Å². The Hall–Kier alpha value is -0.610. The zero-order chi connectivity index (χ0) is 9.84. The number of hydrogen-bond acceptors (Lipinski definition) is 3. The van der Waals surface area contributed by atoms with E-state index in [0.717, 1.165) is 10.2 Å². The number of nitrogens with zero attached hydrogens (tertiary/aromatic N) is 2. The molecule has 0 aromatic carbocycles. The van der Waals surface area contributed by atoms with Gasteiger partial charge in [0.1, 0.15) is 5.82 Å². The smallest absolute Gasteiger partial charge is 0.224 e. The lowest BCUT2D eigenvalue weighted by Gasteiger charge is -2.04. The summed E-state index contributed by atoms with van der Waals surface area (Å²) in [5.41, 5.74) is 0.836. The first kappa shape index (κ1) is 10.5. The topological polar surface area (TPSA) is 37.8 Å². The number of anilines is 1. The predicted octanol–water partition coefficient (Wildman–Crippen LogP) is 2.76. The van der Waals surface area contributed by atoms with Crippen LogP contribution >= 0.6 is 27.5 Å². The minimum atomic E-state index is 0.252. The first-order valence-corrected chi connectivity index (χ1v) is 4.83. The average molecular weight is 263 g/mol. The zero-order valence-corrected chi connectivity index (χ0v) is 9.48. The Morgan fingerprint density at radius 1 is 1.69 bits per heavy atom. The van der Waals surface area contributed by atoms with Crippen molar-refractivity contribution < 1.29 is 0 Å². The zero-order valence-electron chi connectivity index (χ0n) is 7.14. The highest BCUT2D eigenvalue weighted by molar-refractivity contribution is 9.11. The van der Waals surface area contributed by atoms with Crippen LogP contribution in [0.15, 0.2) is 17.1 Å². The summed E-state index contributed by atoms with van der Waals surface area (Å²) in [6, 6.07) is 1.82. The maximum atomic E-state index is 5.67. The van der Waals surface area contributed by atoms with Crippen molar-refractivity contribution in [3.8, 4) is 0 Å². The van der Waals surface area contributed by atoms with E-state index in [0.29, 0.717) is 12.4 Å². The molecule has 0 amide bonds. The number of hydrogen-bond donors (Lipinski definition) is 1. The minimum Gasteiger partial charge on any atom is -0.365 e. The number of aryl methyl sites for hydroxylation is 1. The highest BCUT2D eigenvalue weighted by Crippen LogP contribution is 2.10. The monoisotopic (exact) mass is 261 g/mol. The maximum Gasteiger partial charge on any atom is 0.224 e. The second-order valence-electron chi connectivity index (χ2n) is 2.53. The lowest BCUT2D eigenvalue weighted by Crippen LogP contribution is -2.03. The molecule has 1 aromatic rings. The molecule has 1 aromatic heterocycles. The first-order valence-electron chi connectivity index (χ1n) is 3.66. The molecule has 0 bridgehead atoms. The Morgan fingerprint density at radius 2 is 2.38 bits per heavy atom. The van der Waals surface area contributed by atoms with Gasteiger partial charge in [-0.05, 0) is 18.5 Å². The summed E-state index contributed by atoms with van der Waals surface area (Å²) in [6.07, 6.45) is 0. The van der Waals surface area contributed by atoms with E-state index in [9.17, 15) is 0 Å². The van der Waals surface area contributed by atoms with Crippen molar-refractivity contribution in [3.63, 3.8) is 0 Å². The van der Waals surface area contributed by atoms with Crippen LogP contribution in [0.2, 0.25) is 5.28 Å². The highest BCUT2D eigenvalue weighted by atomic mass is 79.9. The molecule has 1 N–H and O–H groups in total. The molecule has 0 fully saturated rings. The van der Waals surface area contributed by atoms with Gasteiger partial charge < -0.3 is 5.32 Å². The second-order valence-corrected chi connectivity index (χ2v) is 3.99. The molecule has 70 valence electrons. The summed E-state index contributed by atoms with van der Waals surface area (Å²) in [6.45, 7) is 6.17. The summed E-state index contributed by atoms with van der Waals surface area (Å²) in [4.78, 5) is 7.93. The van der Waals surface area contributed by atoms with E-state index >= 15 is 0 Å². The molecule has 0 unspecified atom stereocenters. The van der Waals surface area contributed by atoms with Crippen molar-refractivity contribution in [3.05, 3.63) is 28.1 Å². The molecule has 13 heavy (non-hydrogen) atoms. The molecule has 0 aliphatic carbocycles. The molecule has 0 aliphatic heterocycles. The third-order valence-corrected chi connectivity index (χ3v) is 1.74. The Labute approximate surface area is 90.4 Å². The molecule has 0 spiro atoms. The third kappa shape index (κ3) is 3.74. The van der Waals surface area contributed by atoms with Gasteiger partial charge in [0.25, 0.3) is 0 Å². The van der Waals surface area contributed by atoms with Gasteiger partial charge in [-0.1, -0.05) is 22.5 Å². The van der Waals surface area contributed by atoms with Gasteiger partial charge in [0.2, 0.25) is 5.28 Å². The largest absolute Gasteiger partial charge is 0.365 e. The molecular formula is C8H9BrClN3. The van der Waals surface area contributed by atoms with Crippen LogP contribution in [-0.4, -0.2) is 16.5 Å². The van der Waals surface area contributed by atoms with E-state index < -0.39 is 0 Å². The van der Waals surface area contributed by atoms with E-state index in [2.05, 4.69) is 37.8 Å².